The van der Waals surface area contributed by atoms with Crippen LogP contribution in [-0.4, -0.2) is 29.2 Å². The summed E-state index contributed by atoms with van der Waals surface area (Å²) in [4.78, 5) is 20.2. The van der Waals surface area contributed by atoms with Gasteiger partial charge in [-0.2, -0.15) is 13.2 Å². The van der Waals surface area contributed by atoms with Crippen LogP contribution in [0.25, 0.3) is 0 Å². The van der Waals surface area contributed by atoms with E-state index in [0.717, 1.165) is 24.3 Å². The molecule has 33 heavy (non-hydrogen) atoms. The summed E-state index contributed by atoms with van der Waals surface area (Å²) in [5.41, 5.74) is -0.149. The number of amides is 1. The van der Waals surface area contributed by atoms with Gasteiger partial charge in [-0.05, 0) is 41.3 Å². The van der Waals surface area contributed by atoms with Crippen LogP contribution in [0.4, 0.5) is 22.0 Å². The first-order chi connectivity index (χ1) is 15.7. The standard InChI is InChI=1S/C23H17F5N2O2S/c24-16-6-7-18(19(25)10-16)20-11-17(32-29-20)13-30(22(31)21-5-2-8-33-21)12-14-3-1-4-15(9-14)23(26,27)28/h1-10,17H,11-13H2. The predicted molar refractivity (Wildman–Crippen MR) is 113 cm³/mol. The lowest BCUT2D eigenvalue weighted by Crippen LogP contribution is -2.37. The van der Waals surface area contributed by atoms with Crippen molar-refractivity contribution >= 4 is 23.0 Å². The highest BCUT2D eigenvalue weighted by molar-refractivity contribution is 7.12. The van der Waals surface area contributed by atoms with Gasteiger partial charge in [-0.25, -0.2) is 8.78 Å². The molecule has 0 bridgehead atoms. The van der Waals surface area contributed by atoms with Gasteiger partial charge in [0, 0.05) is 24.6 Å². The second kappa shape index (κ2) is 9.30. The number of carbonyl (C=O) groups is 1. The minimum Gasteiger partial charge on any atom is -0.390 e. The third kappa shape index (κ3) is 5.39. The lowest BCUT2D eigenvalue weighted by atomic mass is 10.0. The maximum absolute atomic E-state index is 14.1. The Morgan fingerprint density at radius 1 is 1.12 bits per heavy atom. The van der Waals surface area contributed by atoms with E-state index in [4.69, 9.17) is 4.84 Å². The third-order valence-electron chi connectivity index (χ3n) is 5.05. The molecule has 3 aromatic rings. The van der Waals surface area contributed by atoms with E-state index in [0.29, 0.717) is 10.4 Å². The highest BCUT2D eigenvalue weighted by Gasteiger charge is 2.32. The first-order valence-corrected chi connectivity index (χ1v) is 10.8. The van der Waals surface area contributed by atoms with Gasteiger partial charge in [0.1, 0.15) is 11.6 Å². The molecule has 4 rings (SSSR count). The number of oxime groups is 1. The monoisotopic (exact) mass is 480 g/mol. The van der Waals surface area contributed by atoms with E-state index < -0.39 is 29.5 Å². The van der Waals surface area contributed by atoms with Crippen LogP contribution in [0.3, 0.4) is 0 Å². The number of alkyl halides is 3. The van der Waals surface area contributed by atoms with Crippen LogP contribution < -0.4 is 0 Å². The molecule has 1 amide bonds. The van der Waals surface area contributed by atoms with Gasteiger partial charge in [0.25, 0.3) is 5.91 Å². The number of hydrogen-bond acceptors (Lipinski definition) is 4. The number of thiophene rings is 1. The van der Waals surface area contributed by atoms with Gasteiger partial charge in [0.05, 0.1) is 22.7 Å². The Morgan fingerprint density at radius 2 is 1.94 bits per heavy atom. The zero-order valence-corrected chi connectivity index (χ0v) is 17.8. The van der Waals surface area contributed by atoms with Crippen LogP contribution in [-0.2, 0) is 17.6 Å². The molecular weight excluding hydrogens is 463 g/mol. The number of benzene rings is 2. The maximum atomic E-state index is 14.1. The molecule has 0 N–H and O–H groups in total. The van der Waals surface area contributed by atoms with Gasteiger partial charge in [0.15, 0.2) is 6.10 Å². The van der Waals surface area contributed by atoms with Gasteiger partial charge in [-0.1, -0.05) is 23.4 Å². The molecule has 2 heterocycles. The van der Waals surface area contributed by atoms with Gasteiger partial charge in [0.2, 0.25) is 0 Å². The minimum absolute atomic E-state index is 0.0167. The molecule has 1 aliphatic rings. The second-order valence-electron chi connectivity index (χ2n) is 7.45. The Hall–Kier alpha value is -3.27. The topological polar surface area (TPSA) is 41.9 Å². The Bertz CT molecular complexity index is 1180. The molecule has 1 unspecified atom stereocenters. The molecule has 0 radical (unpaired) electrons. The average molecular weight is 480 g/mol. The zero-order chi connectivity index (χ0) is 23.6. The summed E-state index contributed by atoms with van der Waals surface area (Å²) in [6, 6.07) is 11.2. The molecule has 0 saturated heterocycles. The van der Waals surface area contributed by atoms with Crippen LogP contribution in [0.2, 0.25) is 0 Å². The summed E-state index contributed by atoms with van der Waals surface area (Å²) in [5.74, 6) is -1.87. The fraction of sp³-hybridized carbons (Fsp3) is 0.217. The Kier molecular flexibility index (Phi) is 6.46. The molecule has 172 valence electrons. The van der Waals surface area contributed by atoms with Crippen molar-refractivity contribution in [3.8, 4) is 0 Å². The molecule has 1 aromatic heterocycles. The molecule has 0 aliphatic carbocycles. The molecule has 2 aromatic carbocycles. The summed E-state index contributed by atoms with van der Waals surface area (Å²) in [7, 11) is 0. The van der Waals surface area contributed by atoms with E-state index in [1.54, 1.807) is 17.5 Å². The number of halogens is 5. The van der Waals surface area contributed by atoms with E-state index in [-0.39, 0.29) is 36.7 Å². The Balaban J connectivity index is 1.52. The first-order valence-electron chi connectivity index (χ1n) is 9.88. The summed E-state index contributed by atoms with van der Waals surface area (Å²) < 4.78 is 66.6. The van der Waals surface area contributed by atoms with Crippen LogP contribution >= 0.6 is 11.3 Å². The quantitative estimate of drug-likeness (QED) is 0.414. The molecule has 0 fully saturated rings. The second-order valence-corrected chi connectivity index (χ2v) is 8.40. The van der Waals surface area contributed by atoms with Crippen LogP contribution in [0, 0.1) is 11.6 Å². The fourth-order valence-corrected chi connectivity index (χ4v) is 4.19. The maximum Gasteiger partial charge on any atom is 0.416 e. The van der Waals surface area contributed by atoms with Crippen molar-refractivity contribution in [1.29, 1.82) is 0 Å². The van der Waals surface area contributed by atoms with E-state index in [1.807, 2.05) is 0 Å². The highest BCUT2D eigenvalue weighted by atomic mass is 32.1. The van der Waals surface area contributed by atoms with Crippen molar-refractivity contribution < 1.29 is 31.6 Å². The molecule has 0 saturated carbocycles. The largest absolute Gasteiger partial charge is 0.416 e. The van der Waals surface area contributed by atoms with Crippen molar-refractivity contribution in [3.63, 3.8) is 0 Å². The third-order valence-corrected chi connectivity index (χ3v) is 5.90. The summed E-state index contributed by atoms with van der Waals surface area (Å²) >= 11 is 1.21. The minimum atomic E-state index is -4.50. The molecule has 1 aliphatic heterocycles. The van der Waals surface area contributed by atoms with Crippen molar-refractivity contribution in [3.05, 3.63) is 93.2 Å². The smallest absolute Gasteiger partial charge is 0.390 e. The number of rotatable bonds is 6. The molecular formula is C23H17F5N2O2S. The number of hydrogen-bond donors (Lipinski definition) is 0. The molecule has 0 spiro atoms. The fourth-order valence-electron chi connectivity index (χ4n) is 3.50. The number of carbonyl (C=O) groups excluding carboxylic acids is 1. The van der Waals surface area contributed by atoms with Crippen LogP contribution in [0.15, 0.2) is 65.1 Å². The van der Waals surface area contributed by atoms with Gasteiger partial charge in [-0.3, -0.25) is 4.79 Å². The van der Waals surface area contributed by atoms with Crippen molar-refractivity contribution in [2.24, 2.45) is 5.16 Å². The van der Waals surface area contributed by atoms with Gasteiger partial charge >= 0.3 is 6.18 Å². The number of nitrogens with zero attached hydrogens (tertiary/aromatic N) is 2. The van der Waals surface area contributed by atoms with Crippen molar-refractivity contribution in [2.45, 2.75) is 25.2 Å². The van der Waals surface area contributed by atoms with Crippen LogP contribution in [0.5, 0.6) is 0 Å². The van der Waals surface area contributed by atoms with Gasteiger partial charge < -0.3 is 9.74 Å². The summed E-state index contributed by atoms with van der Waals surface area (Å²) in [6.07, 6.45) is -4.99. The first kappa shape index (κ1) is 22.9. The summed E-state index contributed by atoms with van der Waals surface area (Å²) in [6.45, 7) is -0.0659. The predicted octanol–water partition coefficient (Wildman–Crippen LogP) is 5.88. The Labute approximate surface area is 189 Å². The lowest BCUT2D eigenvalue weighted by molar-refractivity contribution is -0.137. The van der Waals surface area contributed by atoms with Crippen molar-refractivity contribution in [1.82, 2.24) is 4.90 Å². The summed E-state index contributed by atoms with van der Waals surface area (Å²) in [5, 5.41) is 5.60. The van der Waals surface area contributed by atoms with Crippen LogP contribution in [0.1, 0.15) is 32.8 Å². The normalized spacial score (nSPS) is 15.8. The molecule has 4 nitrogen and oxygen atoms in total. The van der Waals surface area contributed by atoms with Gasteiger partial charge in [-0.15, -0.1) is 11.3 Å². The van der Waals surface area contributed by atoms with E-state index in [1.165, 1.54) is 34.4 Å². The van der Waals surface area contributed by atoms with E-state index in [2.05, 4.69) is 5.16 Å². The Morgan fingerprint density at radius 3 is 2.64 bits per heavy atom. The molecule has 1 atom stereocenters. The van der Waals surface area contributed by atoms with E-state index in [9.17, 15) is 26.7 Å². The average Bonchev–Trinajstić information content (AvgIpc) is 3.45. The highest BCUT2D eigenvalue weighted by Crippen LogP contribution is 2.30. The van der Waals surface area contributed by atoms with E-state index >= 15 is 0 Å². The zero-order valence-electron chi connectivity index (χ0n) is 17.0. The SMILES string of the molecule is O=C(c1cccs1)N(Cc1cccc(C(F)(F)F)c1)CC1CC(c2ccc(F)cc2F)=NO1. The van der Waals surface area contributed by atoms with Crippen molar-refractivity contribution in [2.75, 3.05) is 6.54 Å². The lowest BCUT2D eigenvalue weighted by Gasteiger charge is -2.25. The molecule has 10 heteroatoms.